The second-order valence-electron chi connectivity index (χ2n) is 3.89. The molecule has 1 aliphatic carbocycles. The molecule has 0 amide bonds. The summed E-state index contributed by atoms with van der Waals surface area (Å²) in [5.41, 5.74) is 0. The molecule has 3 rings (SSSR count). The predicted octanol–water partition coefficient (Wildman–Crippen LogP) is 1.12. The Morgan fingerprint density at radius 2 is 2.31 bits per heavy atom. The van der Waals surface area contributed by atoms with Crippen LogP contribution in [0.3, 0.4) is 0 Å². The van der Waals surface area contributed by atoms with E-state index in [1.54, 1.807) is 0 Å². The van der Waals surface area contributed by atoms with Crippen molar-refractivity contribution in [2.75, 3.05) is 13.2 Å². The molecule has 2 fully saturated rings. The maximum atomic E-state index is 5.35. The molecule has 2 aliphatic rings. The third-order valence-electron chi connectivity index (χ3n) is 2.84. The van der Waals surface area contributed by atoms with Crippen LogP contribution in [0.4, 0.5) is 0 Å². The van der Waals surface area contributed by atoms with Gasteiger partial charge in [0.05, 0.1) is 6.61 Å². The fraction of sp³-hybridized carbons (Fsp3) is 0.778. The Morgan fingerprint density at radius 1 is 1.38 bits per heavy atom. The lowest BCUT2D eigenvalue weighted by Gasteiger charge is -2.08. The molecule has 1 atom stereocenters. The van der Waals surface area contributed by atoms with Crippen LogP contribution in [0.2, 0.25) is 0 Å². The number of hydrogen-bond donors (Lipinski definition) is 0. The maximum Gasteiger partial charge on any atom is 0.138 e. The van der Waals surface area contributed by atoms with Gasteiger partial charge >= 0.3 is 0 Å². The molecule has 1 saturated carbocycles. The normalized spacial score (nSPS) is 28.2. The van der Waals surface area contributed by atoms with Crippen molar-refractivity contribution in [1.29, 1.82) is 0 Å². The second-order valence-corrected chi connectivity index (χ2v) is 3.89. The molecule has 0 radical (unpaired) electrons. The predicted molar refractivity (Wildman–Crippen MR) is 46.5 cm³/mol. The number of nitrogens with zero attached hydrogens (tertiary/aromatic N) is 3. The van der Waals surface area contributed by atoms with Gasteiger partial charge < -0.3 is 9.30 Å². The summed E-state index contributed by atoms with van der Waals surface area (Å²) in [6.07, 6.45) is 5.55. The Kier molecular flexibility index (Phi) is 1.62. The third kappa shape index (κ3) is 1.25. The van der Waals surface area contributed by atoms with Gasteiger partial charge in [-0.05, 0) is 19.3 Å². The lowest BCUT2D eigenvalue weighted by Crippen LogP contribution is -2.07. The molecule has 4 heteroatoms. The summed E-state index contributed by atoms with van der Waals surface area (Å²) in [5.74, 6) is 1.63. The Hall–Kier alpha value is -0.900. The standard InChI is InChI=1S/C9H13N3O/c1-2-8(1)12-6-10-11-9(12)7-3-4-13-5-7/h6-8H,1-5H2. The molecule has 70 valence electrons. The minimum Gasteiger partial charge on any atom is -0.381 e. The molecule has 13 heavy (non-hydrogen) atoms. The van der Waals surface area contributed by atoms with E-state index in [0.29, 0.717) is 12.0 Å². The molecule has 0 bridgehead atoms. The van der Waals surface area contributed by atoms with Crippen molar-refractivity contribution in [1.82, 2.24) is 14.8 Å². The summed E-state index contributed by atoms with van der Waals surface area (Å²) < 4.78 is 7.59. The molecule has 1 saturated heterocycles. The fourth-order valence-electron chi connectivity index (χ4n) is 1.92. The van der Waals surface area contributed by atoms with E-state index >= 15 is 0 Å². The van der Waals surface area contributed by atoms with E-state index in [2.05, 4.69) is 14.8 Å². The van der Waals surface area contributed by atoms with Gasteiger partial charge in [-0.3, -0.25) is 0 Å². The SMILES string of the molecule is c1nnc(C2CCOC2)n1C1CC1. The minimum absolute atomic E-state index is 0.489. The van der Waals surface area contributed by atoms with Crippen molar-refractivity contribution in [3.8, 4) is 0 Å². The summed E-state index contributed by atoms with van der Waals surface area (Å²) in [5, 5.41) is 8.18. The first-order valence-electron chi connectivity index (χ1n) is 4.92. The van der Waals surface area contributed by atoms with E-state index in [-0.39, 0.29) is 0 Å². The van der Waals surface area contributed by atoms with Crippen molar-refractivity contribution in [3.63, 3.8) is 0 Å². The first-order valence-corrected chi connectivity index (χ1v) is 4.92. The molecule has 1 aromatic heterocycles. The zero-order valence-electron chi connectivity index (χ0n) is 7.52. The lowest BCUT2D eigenvalue weighted by molar-refractivity contribution is 0.192. The highest BCUT2D eigenvalue weighted by atomic mass is 16.5. The van der Waals surface area contributed by atoms with E-state index in [9.17, 15) is 0 Å². The summed E-state index contributed by atoms with van der Waals surface area (Å²) in [6, 6.07) is 0.686. The molecule has 0 spiro atoms. The number of hydrogen-bond acceptors (Lipinski definition) is 3. The highest BCUT2D eigenvalue weighted by Crippen LogP contribution is 2.37. The van der Waals surface area contributed by atoms with Crippen LogP contribution < -0.4 is 0 Å². The van der Waals surface area contributed by atoms with Gasteiger partial charge in [-0.25, -0.2) is 0 Å². The zero-order chi connectivity index (χ0) is 8.67. The smallest absolute Gasteiger partial charge is 0.138 e. The first kappa shape index (κ1) is 7.50. The van der Waals surface area contributed by atoms with Crippen LogP contribution >= 0.6 is 0 Å². The minimum atomic E-state index is 0.489. The molecule has 1 aromatic rings. The van der Waals surface area contributed by atoms with Gasteiger partial charge in [0.25, 0.3) is 0 Å². The molecule has 2 heterocycles. The van der Waals surface area contributed by atoms with Crippen molar-refractivity contribution in [2.45, 2.75) is 31.2 Å². The monoisotopic (exact) mass is 179 g/mol. The summed E-state index contributed by atoms with van der Waals surface area (Å²) in [6.45, 7) is 1.70. The van der Waals surface area contributed by atoms with E-state index in [1.807, 2.05) is 6.33 Å². The van der Waals surface area contributed by atoms with Gasteiger partial charge in [0.15, 0.2) is 0 Å². The second kappa shape index (κ2) is 2.80. The average molecular weight is 179 g/mol. The summed E-state index contributed by atoms with van der Waals surface area (Å²) in [7, 11) is 0. The van der Waals surface area contributed by atoms with Gasteiger partial charge in [0.1, 0.15) is 12.2 Å². The molecule has 0 aromatic carbocycles. The van der Waals surface area contributed by atoms with Gasteiger partial charge in [0, 0.05) is 18.6 Å². The molecule has 1 unspecified atom stereocenters. The van der Waals surface area contributed by atoms with E-state index in [0.717, 1.165) is 25.5 Å². The van der Waals surface area contributed by atoms with Gasteiger partial charge in [-0.2, -0.15) is 0 Å². The van der Waals surface area contributed by atoms with Crippen LogP contribution in [0, 0.1) is 0 Å². The zero-order valence-corrected chi connectivity index (χ0v) is 7.52. The highest BCUT2D eigenvalue weighted by Gasteiger charge is 2.30. The molecule has 1 aliphatic heterocycles. The Bertz CT molecular complexity index is 300. The molecular formula is C9H13N3O. The quantitative estimate of drug-likeness (QED) is 0.683. The number of aromatic nitrogens is 3. The van der Waals surface area contributed by atoms with Crippen LogP contribution in [-0.2, 0) is 4.74 Å². The Balaban J connectivity index is 1.88. The van der Waals surface area contributed by atoms with Crippen LogP contribution in [0.5, 0.6) is 0 Å². The lowest BCUT2D eigenvalue weighted by atomic mass is 10.1. The maximum absolute atomic E-state index is 5.35. The topological polar surface area (TPSA) is 39.9 Å². The van der Waals surface area contributed by atoms with E-state index in [1.165, 1.54) is 12.8 Å². The molecule has 0 N–H and O–H groups in total. The molecular weight excluding hydrogens is 166 g/mol. The Labute approximate surface area is 76.9 Å². The van der Waals surface area contributed by atoms with Crippen LogP contribution in [0.15, 0.2) is 6.33 Å². The van der Waals surface area contributed by atoms with Crippen LogP contribution in [0.1, 0.15) is 37.0 Å². The largest absolute Gasteiger partial charge is 0.381 e. The van der Waals surface area contributed by atoms with E-state index < -0.39 is 0 Å². The average Bonchev–Trinajstić information content (AvgIpc) is 2.72. The third-order valence-corrected chi connectivity index (χ3v) is 2.84. The van der Waals surface area contributed by atoms with Gasteiger partial charge in [-0.15, -0.1) is 10.2 Å². The van der Waals surface area contributed by atoms with Crippen molar-refractivity contribution < 1.29 is 4.74 Å². The van der Waals surface area contributed by atoms with Crippen LogP contribution in [-0.4, -0.2) is 28.0 Å². The summed E-state index contributed by atoms with van der Waals surface area (Å²) >= 11 is 0. The number of ether oxygens (including phenoxy) is 1. The van der Waals surface area contributed by atoms with E-state index in [4.69, 9.17) is 4.74 Å². The number of rotatable bonds is 2. The highest BCUT2D eigenvalue weighted by molar-refractivity contribution is 5.02. The van der Waals surface area contributed by atoms with Gasteiger partial charge in [0.2, 0.25) is 0 Å². The summed E-state index contributed by atoms with van der Waals surface area (Å²) in [4.78, 5) is 0. The van der Waals surface area contributed by atoms with Crippen LogP contribution in [0.25, 0.3) is 0 Å². The fourth-order valence-corrected chi connectivity index (χ4v) is 1.92. The van der Waals surface area contributed by atoms with Crippen molar-refractivity contribution >= 4 is 0 Å². The first-order chi connectivity index (χ1) is 6.45. The van der Waals surface area contributed by atoms with Gasteiger partial charge in [-0.1, -0.05) is 0 Å². The van der Waals surface area contributed by atoms with Crippen molar-refractivity contribution in [3.05, 3.63) is 12.2 Å². The van der Waals surface area contributed by atoms with Crippen molar-refractivity contribution in [2.24, 2.45) is 0 Å². The molecule has 4 nitrogen and oxygen atoms in total. The Morgan fingerprint density at radius 3 is 3.00 bits per heavy atom.